The van der Waals surface area contributed by atoms with Crippen molar-refractivity contribution in [3.05, 3.63) is 48.2 Å². The zero-order valence-electron chi connectivity index (χ0n) is 21.6. The minimum atomic E-state index is 0.471. The van der Waals surface area contributed by atoms with Crippen LogP contribution in [0.1, 0.15) is 57.6 Å². The van der Waals surface area contributed by atoms with Gasteiger partial charge in [-0.25, -0.2) is 0 Å². The quantitative estimate of drug-likeness (QED) is 0.147. The molecule has 0 aliphatic heterocycles. The van der Waals surface area contributed by atoms with Gasteiger partial charge in [-0.15, -0.1) is 0 Å². The highest BCUT2D eigenvalue weighted by atomic mass is 16.5. The highest BCUT2D eigenvalue weighted by Gasteiger charge is 2.03. The van der Waals surface area contributed by atoms with Gasteiger partial charge in [-0.1, -0.05) is 51.5 Å². The lowest BCUT2D eigenvalue weighted by Gasteiger charge is -2.11. The van der Waals surface area contributed by atoms with Crippen molar-refractivity contribution in [3.8, 4) is 0 Å². The summed E-state index contributed by atoms with van der Waals surface area (Å²) >= 11 is 0. The minimum Gasteiger partial charge on any atom is -0.498 e. The van der Waals surface area contributed by atoms with Gasteiger partial charge in [0.15, 0.2) is 0 Å². The summed E-state index contributed by atoms with van der Waals surface area (Å²) in [7, 11) is 0. The van der Waals surface area contributed by atoms with Gasteiger partial charge in [0.2, 0.25) is 0 Å². The predicted octanol–water partition coefficient (Wildman–Crippen LogP) is 5.76. The Labute approximate surface area is 207 Å². The molecule has 0 heterocycles. The largest absolute Gasteiger partial charge is 0.498 e. The number of benzene rings is 1. The summed E-state index contributed by atoms with van der Waals surface area (Å²) in [6.07, 6.45) is 6.27. The maximum atomic E-state index is 5.71. The molecule has 0 saturated carbocycles. The van der Waals surface area contributed by atoms with E-state index in [0.717, 1.165) is 61.2 Å². The molecule has 0 bridgehead atoms. The molecule has 1 aromatic rings. The second-order valence-electron chi connectivity index (χ2n) is 8.07. The molecule has 0 aliphatic rings. The normalized spacial score (nSPS) is 11.7. The molecule has 0 unspecified atom stereocenters. The van der Waals surface area contributed by atoms with Gasteiger partial charge >= 0.3 is 0 Å². The Morgan fingerprint density at radius 1 is 0.706 bits per heavy atom. The molecule has 0 saturated heterocycles. The highest BCUT2D eigenvalue weighted by Crippen LogP contribution is 2.20. The molecule has 34 heavy (non-hydrogen) atoms. The number of ether oxygens (including phenoxy) is 6. The molecule has 6 nitrogen and oxygen atoms in total. The van der Waals surface area contributed by atoms with E-state index < -0.39 is 0 Å². The van der Waals surface area contributed by atoms with Crippen LogP contribution >= 0.6 is 0 Å². The van der Waals surface area contributed by atoms with Gasteiger partial charge in [-0.3, -0.25) is 0 Å². The Morgan fingerprint density at radius 3 is 1.79 bits per heavy atom. The first kappa shape index (κ1) is 30.3. The van der Waals surface area contributed by atoms with E-state index in [1.807, 2.05) is 19.1 Å². The molecule has 1 aromatic carbocycles. The van der Waals surface area contributed by atoms with Gasteiger partial charge in [0.05, 0.1) is 59.1 Å². The van der Waals surface area contributed by atoms with E-state index in [1.165, 1.54) is 0 Å². The molecule has 0 radical (unpaired) electrons. The summed E-state index contributed by atoms with van der Waals surface area (Å²) in [6.45, 7) is 17.2. The van der Waals surface area contributed by atoms with Crippen molar-refractivity contribution >= 4 is 11.1 Å². The molecule has 6 heteroatoms. The van der Waals surface area contributed by atoms with Crippen LogP contribution in [-0.4, -0.2) is 72.7 Å². The molecule has 0 fully saturated rings. The van der Waals surface area contributed by atoms with Crippen molar-refractivity contribution in [2.45, 2.75) is 46.5 Å². The van der Waals surface area contributed by atoms with E-state index in [2.05, 4.69) is 32.6 Å². The molecule has 0 atom stereocenters. The summed E-state index contributed by atoms with van der Waals surface area (Å²) < 4.78 is 33.3. The number of unbranched alkanes of at least 4 members (excludes halogenated alkanes) is 2. The zero-order valence-corrected chi connectivity index (χ0v) is 21.6. The van der Waals surface area contributed by atoms with E-state index in [9.17, 15) is 0 Å². The van der Waals surface area contributed by atoms with Crippen LogP contribution < -0.4 is 0 Å². The van der Waals surface area contributed by atoms with Gasteiger partial charge < -0.3 is 28.4 Å². The van der Waals surface area contributed by atoms with Crippen molar-refractivity contribution in [3.63, 3.8) is 0 Å². The van der Waals surface area contributed by atoms with E-state index in [-0.39, 0.29) is 0 Å². The smallest absolute Gasteiger partial charge is 0.111 e. The third-order valence-electron chi connectivity index (χ3n) is 5.01. The van der Waals surface area contributed by atoms with E-state index in [4.69, 9.17) is 28.4 Å². The lowest BCUT2D eigenvalue weighted by atomic mass is 10.0. The molecule has 0 amide bonds. The standard InChI is InChI=1S/C28H46O6/c1-5-7-12-29-14-16-31-18-20-33-23-25(3)27-10-9-11-28(22-27)26(4)24-34-21-19-32-17-15-30-13-8-6-2/h9-11,22,24H,3,5-8,12-21,23H2,1-2,4H3/b26-24+. The maximum absolute atomic E-state index is 5.71. The summed E-state index contributed by atoms with van der Waals surface area (Å²) in [5, 5.41) is 0. The molecular weight excluding hydrogens is 432 g/mol. The number of hydrogen-bond donors (Lipinski definition) is 0. The Hall–Kier alpha value is -1.70. The van der Waals surface area contributed by atoms with Gasteiger partial charge in [0, 0.05) is 13.2 Å². The fourth-order valence-electron chi connectivity index (χ4n) is 2.88. The van der Waals surface area contributed by atoms with Crippen LogP contribution in [-0.2, 0) is 28.4 Å². The highest BCUT2D eigenvalue weighted by molar-refractivity contribution is 5.70. The fraction of sp³-hybridized carbons (Fsp3) is 0.643. The average molecular weight is 479 g/mol. The van der Waals surface area contributed by atoms with Crippen LogP contribution in [0.4, 0.5) is 0 Å². The molecule has 0 aliphatic carbocycles. The van der Waals surface area contributed by atoms with Crippen molar-refractivity contribution in [1.82, 2.24) is 0 Å². The fourth-order valence-corrected chi connectivity index (χ4v) is 2.88. The lowest BCUT2D eigenvalue weighted by Crippen LogP contribution is -2.10. The second-order valence-corrected chi connectivity index (χ2v) is 8.07. The van der Waals surface area contributed by atoms with Crippen molar-refractivity contribution in [2.75, 3.05) is 72.7 Å². The summed E-state index contributed by atoms with van der Waals surface area (Å²) in [6, 6.07) is 8.24. The number of allylic oxidation sites excluding steroid dienone is 1. The summed E-state index contributed by atoms with van der Waals surface area (Å²) in [4.78, 5) is 0. The monoisotopic (exact) mass is 478 g/mol. The zero-order chi connectivity index (χ0) is 24.7. The SMILES string of the molecule is C=C(COCCOCCOCCCC)c1cccc(/C(C)=C/OCCOCCOCCCC)c1. The number of rotatable bonds is 23. The Balaban J connectivity index is 2.19. The van der Waals surface area contributed by atoms with Gasteiger partial charge in [0.25, 0.3) is 0 Å². The molecular formula is C28H46O6. The molecule has 0 aromatic heterocycles. The van der Waals surface area contributed by atoms with E-state index in [1.54, 1.807) is 6.26 Å². The lowest BCUT2D eigenvalue weighted by molar-refractivity contribution is 0.0198. The molecule has 0 spiro atoms. The topological polar surface area (TPSA) is 55.4 Å². The third-order valence-corrected chi connectivity index (χ3v) is 5.01. The van der Waals surface area contributed by atoms with Crippen molar-refractivity contribution < 1.29 is 28.4 Å². The van der Waals surface area contributed by atoms with Gasteiger partial charge in [-0.2, -0.15) is 0 Å². The number of hydrogen-bond acceptors (Lipinski definition) is 6. The first-order valence-corrected chi connectivity index (χ1v) is 12.6. The van der Waals surface area contributed by atoms with Crippen molar-refractivity contribution in [1.29, 1.82) is 0 Å². The molecule has 194 valence electrons. The Kier molecular flexibility index (Phi) is 19.5. The van der Waals surface area contributed by atoms with Crippen LogP contribution in [0.5, 0.6) is 0 Å². The van der Waals surface area contributed by atoms with Crippen LogP contribution in [0.15, 0.2) is 37.1 Å². The Morgan fingerprint density at radius 2 is 1.21 bits per heavy atom. The second kappa shape index (κ2) is 21.8. The van der Waals surface area contributed by atoms with Crippen LogP contribution in [0, 0.1) is 0 Å². The van der Waals surface area contributed by atoms with Crippen molar-refractivity contribution in [2.24, 2.45) is 0 Å². The molecule has 0 N–H and O–H groups in total. The first-order chi connectivity index (χ1) is 16.7. The van der Waals surface area contributed by atoms with Gasteiger partial charge in [-0.05, 0) is 48.1 Å². The van der Waals surface area contributed by atoms with Gasteiger partial charge in [0.1, 0.15) is 6.61 Å². The van der Waals surface area contributed by atoms with Crippen LogP contribution in [0.3, 0.4) is 0 Å². The molecule has 1 rings (SSSR count). The summed E-state index contributed by atoms with van der Waals surface area (Å²) in [5.41, 5.74) is 4.14. The first-order valence-electron chi connectivity index (χ1n) is 12.6. The van der Waals surface area contributed by atoms with Crippen LogP contribution in [0.2, 0.25) is 0 Å². The average Bonchev–Trinajstić information content (AvgIpc) is 2.86. The predicted molar refractivity (Wildman–Crippen MR) is 139 cm³/mol. The minimum absolute atomic E-state index is 0.471. The van der Waals surface area contributed by atoms with E-state index in [0.29, 0.717) is 59.5 Å². The van der Waals surface area contributed by atoms with E-state index >= 15 is 0 Å². The third kappa shape index (κ3) is 16.0. The maximum Gasteiger partial charge on any atom is 0.111 e. The van der Waals surface area contributed by atoms with Crippen LogP contribution in [0.25, 0.3) is 11.1 Å². The Bertz CT molecular complexity index is 658. The summed E-state index contributed by atoms with van der Waals surface area (Å²) in [5.74, 6) is 0.